The van der Waals surface area contributed by atoms with Crippen LogP contribution in [0, 0.1) is 0 Å². The van der Waals surface area contributed by atoms with Crippen LogP contribution in [0.4, 0.5) is 5.69 Å². The summed E-state index contributed by atoms with van der Waals surface area (Å²) < 4.78 is 5.82. The molecule has 1 aromatic heterocycles. The van der Waals surface area contributed by atoms with Crippen molar-refractivity contribution in [1.82, 2.24) is 9.97 Å². The highest BCUT2D eigenvalue weighted by atomic mass is 79.9. The van der Waals surface area contributed by atoms with E-state index in [2.05, 4.69) is 25.9 Å². The van der Waals surface area contributed by atoms with Crippen molar-refractivity contribution in [1.29, 1.82) is 0 Å². The fourth-order valence-corrected chi connectivity index (χ4v) is 1.88. The van der Waals surface area contributed by atoms with Crippen LogP contribution in [0.5, 0.6) is 5.88 Å². The van der Waals surface area contributed by atoms with E-state index >= 15 is 0 Å². The lowest BCUT2D eigenvalue weighted by Gasteiger charge is -2.07. The van der Waals surface area contributed by atoms with Crippen molar-refractivity contribution in [2.45, 2.75) is 0 Å². The SMILES string of the molecule is COc1nccnc1C(=O)c1ccc(Br)cc1N. The van der Waals surface area contributed by atoms with Crippen LogP contribution in [0.1, 0.15) is 16.1 Å². The van der Waals surface area contributed by atoms with Crippen molar-refractivity contribution in [2.75, 3.05) is 12.8 Å². The van der Waals surface area contributed by atoms with Crippen molar-refractivity contribution in [3.63, 3.8) is 0 Å². The molecule has 0 radical (unpaired) electrons. The topological polar surface area (TPSA) is 78.1 Å². The van der Waals surface area contributed by atoms with Crippen molar-refractivity contribution >= 4 is 27.4 Å². The smallest absolute Gasteiger partial charge is 0.243 e. The number of hydrogen-bond acceptors (Lipinski definition) is 5. The summed E-state index contributed by atoms with van der Waals surface area (Å²) in [5.41, 5.74) is 6.71. The van der Waals surface area contributed by atoms with E-state index in [1.54, 1.807) is 18.2 Å². The number of ether oxygens (including phenoxy) is 1. The Kier molecular flexibility index (Phi) is 3.57. The molecule has 0 aliphatic heterocycles. The van der Waals surface area contributed by atoms with Crippen LogP contribution in [0.3, 0.4) is 0 Å². The summed E-state index contributed by atoms with van der Waals surface area (Å²) in [6, 6.07) is 5.04. The molecule has 1 aromatic carbocycles. The quantitative estimate of drug-likeness (QED) is 0.693. The highest BCUT2D eigenvalue weighted by molar-refractivity contribution is 9.10. The molecule has 0 saturated heterocycles. The van der Waals surface area contributed by atoms with E-state index in [1.807, 2.05) is 0 Å². The molecule has 2 aromatic rings. The van der Waals surface area contributed by atoms with Gasteiger partial charge in [0.2, 0.25) is 11.7 Å². The lowest BCUT2D eigenvalue weighted by molar-refractivity contribution is 0.103. The van der Waals surface area contributed by atoms with E-state index in [1.165, 1.54) is 19.5 Å². The van der Waals surface area contributed by atoms with Gasteiger partial charge in [-0.15, -0.1) is 0 Å². The molecular weight excluding hydrogens is 298 g/mol. The third kappa shape index (κ3) is 2.33. The van der Waals surface area contributed by atoms with Gasteiger partial charge in [-0.2, -0.15) is 0 Å². The molecule has 6 heteroatoms. The van der Waals surface area contributed by atoms with Gasteiger partial charge in [-0.3, -0.25) is 4.79 Å². The molecule has 0 saturated carbocycles. The zero-order chi connectivity index (χ0) is 13.1. The molecule has 2 N–H and O–H groups in total. The number of ketones is 1. The number of nitrogens with zero attached hydrogens (tertiary/aromatic N) is 2. The molecule has 2 rings (SSSR count). The molecule has 0 amide bonds. The van der Waals surface area contributed by atoms with Gasteiger partial charge in [-0.05, 0) is 18.2 Å². The maximum absolute atomic E-state index is 12.3. The summed E-state index contributed by atoms with van der Waals surface area (Å²) in [6.07, 6.45) is 2.89. The fourth-order valence-electron chi connectivity index (χ4n) is 1.50. The van der Waals surface area contributed by atoms with Crippen LogP contribution in [-0.4, -0.2) is 22.9 Å². The van der Waals surface area contributed by atoms with Gasteiger partial charge >= 0.3 is 0 Å². The molecule has 5 nitrogen and oxygen atoms in total. The number of rotatable bonds is 3. The Hall–Kier alpha value is -1.95. The standard InChI is InChI=1S/C12H10BrN3O2/c1-18-12-10(15-4-5-16-12)11(17)8-3-2-7(13)6-9(8)14/h2-6H,14H2,1H3. The monoisotopic (exact) mass is 307 g/mol. The van der Waals surface area contributed by atoms with Crippen LogP contribution in [0.25, 0.3) is 0 Å². The number of carbonyl (C=O) groups is 1. The van der Waals surface area contributed by atoms with E-state index in [-0.39, 0.29) is 17.4 Å². The van der Waals surface area contributed by atoms with Gasteiger partial charge in [0.05, 0.1) is 7.11 Å². The van der Waals surface area contributed by atoms with E-state index in [9.17, 15) is 4.79 Å². The number of carbonyl (C=O) groups excluding carboxylic acids is 1. The Morgan fingerprint density at radius 2 is 2.06 bits per heavy atom. The van der Waals surface area contributed by atoms with Gasteiger partial charge in [0, 0.05) is 28.1 Å². The Bertz CT molecular complexity index is 602. The lowest BCUT2D eigenvalue weighted by atomic mass is 10.1. The largest absolute Gasteiger partial charge is 0.479 e. The van der Waals surface area contributed by atoms with Crippen molar-refractivity contribution < 1.29 is 9.53 Å². The predicted octanol–water partition coefficient (Wildman–Crippen LogP) is 2.06. The Labute approximate surface area is 112 Å². The van der Waals surface area contributed by atoms with E-state index < -0.39 is 0 Å². The van der Waals surface area contributed by atoms with Gasteiger partial charge in [0.25, 0.3) is 0 Å². The summed E-state index contributed by atoms with van der Waals surface area (Å²) in [5, 5.41) is 0. The second kappa shape index (κ2) is 5.14. The van der Waals surface area contributed by atoms with Crippen LogP contribution >= 0.6 is 15.9 Å². The van der Waals surface area contributed by atoms with Crippen LogP contribution in [-0.2, 0) is 0 Å². The maximum Gasteiger partial charge on any atom is 0.243 e. The normalized spacial score (nSPS) is 10.1. The molecule has 0 unspecified atom stereocenters. The van der Waals surface area contributed by atoms with E-state index in [0.717, 1.165) is 4.47 Å². The molecule has 0 bridgehead atoms. The summed E-state index contributed by atoms with van der Waals surface area (Å²) in [4.78, 5) is 20.2. The average Bonchev–Trinajstić information content (AvgIpc) is 2.38. The summed E-state index contributed by atoms with van der Waals surface area (Å²) in [7, 11) is 1.44. The molecule has 1 heterocycles. The van der Waals surface area contributed by atoms with Crippen molar-refractivity contribution in [3.8, 4) is 5.88 Å². The van der Waals surface area contributed by atoms with Crippen molar-refractivity contribution in [2.24, 2.45) is 0 Å². The maximum atomic E-state index is 12.3. The molecule has 0 aliphatic rings. The average molecular weight is 308 g/mol. The van der Waals surface area contributed by atoms with Gasteiger partial charge in [-0.1, -0.05) is 15.9 Å². The molecule has 0 aliphatic carbocycles. The summed E-state index contributed by atoms with van der Waals surface area (Å²) in [5.74, 6) is -0.130. The highest BCUT2D eigenvalue weighted by Crippen LogP contribution is 2.23. The first-order valence-corrected chi connectivity index (χ1v) is 5.87. The first-order valence-electron chi connectivity index (χ1n) is 5.08. The Morgan fingerprint density at radius 3 is 2.72 bits per heavy atom. The summed E-state index contributed by atoms with van der Waals surface area (Å²) >= 11 is 3.29. The number of aromatic nitrogens is 2. The second-order valence-corrected chi connectivity index (χ2v) is 4.39. The molecule has 92 valence electrons. The van der Waals surface area contributed by atoms with Crippen LogP contribution in [0.2, 0.25) is 0 Å². The minimum atomic E-state index is -0.315. The number of halogens is 1. The van der Waals surface area contributed by atoms with Crippen LogP contribution in [0.15, 0.2) is 35.1 Å². The zero-order valence-electron chi connectivity index (χ0n) is 9.55. The molecule has 0 atom stereocenters. The first kappa shape index (κ1) is 12.5. The lowest BCUT2D eigenvalue weighted by Crippen LogP contribution is -2.10. The molecular formula is C12H10BrN3O2. The third-order valence-electron chi connectivity index (χ3n) is 2.33. The number of nitrogen functional groups attached to an aromatic ring is 1. The first-order chi connectivity index (χ1) is 8.63. The summed E-state index contributed by atoms with van der Waals surface area (Å²) in [6.45, 7) is 0. The third-order valence-corrected chi connectivity index (χ3v) is 2.82. The van der Waals surface area contributed by atoms with Gasteiger partial charge in [0.1, 0.15) is 0 Å². The minimum Gasteiger partial charge on any atom is -0.479 e. The van der Waals surface area contributed by atoms with E-state index in [4.69, 9.17) is 10.5 Å². The predicted molar refractivity (Wildman–Crippen MR) is 70.6 cm³/mol. The van der Waals surface area contributed by atoms with Crippen molar-refractivity contribution in [3.05, 3.63) is 46.3 Å². The number of methoxy groups -OCH3 is 1. The van der Waals surface area contributed by atoms with Gasteiger partial charge < -0.3 is 10.5 Å². The highest BCUT2D eigenvalue weighted by Gasteiger charge is 2.19. The zero-order valence-corrected chi connectivity index (χ0v) is 11.1. The second-order valence-electron chi connectivity index (χ2n) is 3.47. The van der Waals surface area contributed by atoms with Gasteiger partial charge in [0.15, 0.2) is 5.69 Å². The number of benzene rings is 1. The number of anilines is 1. The molecule has 18 heavy (non-hydrogen) atoms. The Balaban J connectivity index is 2.48. The van der Waals surface area contributed by atoms with Gasteiger partial charge in [-0.25, -0.2) is 9.97 Å². The molecule has 0 fully saturated rings. The van der Waals surface area contributed by atoms with E-state index in [0.29, 0.717) is 11.3 Å². The minimum absolute atomic E-state index is 0.147. The number of hydrogen-bond donors (Lipinski definition) is 1. The fraction of sp³-hybridized carbons (Fsp3) is 0.0833. The Morgan fingerprint density at radius 1 is 1.33 bits per heavy atom. The molecule has 0 spiro atoms. The van der Waals surface area contributed by atoms with Crippen LogP contribution < -0.4 is 10.5 Å². The number of nitrogens with two attached hydrogens (primary N) is 1.